The van der Waals surface area contributed by atoms with E-state index in [1.807, 2.05) is 19.1 Å². The van der Waals surface area contributed by atoms with E-state index >= 15 is 0 Å². The Hall–Kier alpha value is -2.28. The smallest absolute Gasteiger partial charge is 0.119 e. The number of phenolic OH excluding ortho intramolecular Hbond substituents is 1. The average molecular weight is 290 g/mol. The van der Waals surface area contributed by atoms with Gasteiger partial charge in [-0.3, -0.25) is 0 Å². The molecule has 3 rings (SSSR count). The van der Waals surface area contributed by atoms with Gasteiger partial charge < -0.3 is 5.11 Å². The second-order valence-electron chi connectivity index (χ2n) is 6.27. The summed E-state index contributed by atoms with van der Waals surface area (Å²) in [6, 6.07) is 18.8. The van der Waals surface area contributed by atoms with Crippen LogP contribution >= 0.6 is 0 Å². The number of hydrogen-bond acceptors (Lipinski definition) is 1. The van der Waals surface area contributed by atoms with Gasteiger partial charge in [-0.2, -0.15) is 0 Å². The van der Waals surface area contributed by atoms with E-state index in [9.17, 15) is 5.11 Å². The maximum Gasteiger partial charge on any atom is 0.119 e. The molecule has 0 aliphatic rings. The molecule has 0 aromatic heterocycles. The molecule has 0 saturated heterocycles. The van der Waals surface area contributed by atoms with Crippen molar-refractivity contribution in [1.82, 2.24) is 0 Å². The first kappa shape index (κ1) is 14.6. The number of hydrogen-bond donors (Lipinski definition) is 1. The maximum absolute atomic E-state index is 10.3. The highest BCUT2D eigenvalue weighted by Gasteiger charge is 2.14. The van der Waals surface area contributed by atoms with Crippen LogP contribution in [-0.2, 0) is 6.42 Å². The van der Waals surface area contributed by atoms with Gasteiger partial charge in [0.1, 0.15) is 5.75 Å². The Bertz CT molecular complexity index is 801. The number of phenols is 1. The van der Waals surface area contributed by atoms with Crippen molar-refractivity contribution < 1.29 is 5.11 Å². The molecule has 0 radical (unpaired) electrons. The molecule has 0 spiro atoms. The molecule has 0 aliphatic heterocycles. The van der Waals surface area contributed by atoms with Crippen molar-refractivity contribution in [2.75, 3.05) is 0 Å². The second-order valence-corrected chi connectivity index (χ2v) is 6.27. The van der Waals surface area contributed by atoms with Crippen LogP contribution in [-0.4, -0.2) is 5.11 Å². The molecule has 0 atom stereocenters. The summed E-state index contributed by atoms with van der Waals surface area (Å²) in [5, 5.41) is 12.8. The van der Waals surface area contributed by atoms with Crippen molar-refractivity contribution in [3.8, 4) is 5.75 Å². The molecule has 0 heterocycles. The molecular weight excluding hydrogens is 268 g/mol. The van der Waals surface area contributed by atoms with Crippen LogP contribution in [0.3, 0.4) is 0 Å². The molecule has 0 bridgehead atoms. The lowest BCUT2D eigenvalue weighted by Gasteiger charge is -2.17. The largest absolute Gasteiger partial charge is 0.508 e. The number of benzene rings is 3. The van der Waals surface area contributed by atoms with Crippen molar-refractivity contribution in [3.63, 3.8) is 0 Å². The molecule has 1 nitrogen and oxygen atoms in total. The summed E-state index contributed by atoms with van der Waals surface area (Å²) in [6.45, 7) is 6.45. The molecule has 1 heteroatoms. The Labute approximate surface area is 132 Å². The first-order chi connectivity index (χ1) is 10.6. The molecule has 0 amide bonds. The molecule has 0 fully saturated rings. The summed E-state index contributed by atoms with van der Waals surface area (Å²) in [7, 11) is 0. The van der Waals surface area contributed by atoms with Gasteiger partial charge in [-0.1, -0.05) is 62.4 Å². The predicted octanol–water partition coefficient (Wildman–Crippen LogP) is 5.57. The number of aromatic hydroxyl groups is 1. The molecule has 0 saturated carbocycles. The number of rotatable bonds is 3. The lowest BCUT2D eigenvalue weighted by molar-refractivity contribution is 0.471. The fraction of sp³-hybridized carbons (Fsp3) is 0.238. The van der Waals surface area contributed by atoms with Gasteiger partial charge in [-0.25, -0.2) is 0 Å². The minimum Gasteiger partial charge on any atom is -0.508 e. The van der Waals surface area contributed by atoms with Crippen molar-refractivity contribution in [3.05, 3.63) is 76.9 Å². The molecule has 3 aromatic carbocycles. The van der Waals surface area contributed by atoms with E-state index in [1.165, 1.54) is 22.1 Å². The predicted molar refractivity (Wildman–Crippen MR) is 93.7 cm³/mol. The standard InChI is InChI=1S/C21H22O/c1-14(2)18-10-7-11-19-15(3)20(22)13-17(21(18)19)12-16-8-5-4-6-9-16/h4-11,13-14,22H,12H2,1-3H3. The quantitative estimate of drug-likeness (QED) is 0.668. The summed E-state index contributed by atoms with van der Waals surface area (Å²) >= 11 is 0. The first-order valence-electron chi connectivity index (χ1n) is 7.86. The third kappa shape index (κ3) is 2.59. The third-order valence-electron chi connectivity index (χ3n) is 4.38. The highest BCUT2D eigenvalue weighted by Crippen LogP contribution is 2.35. The Balaban J connectivity index is 2.26. The Morgan fingerprint density at radius 1 is 0.955 bits per heavy atom. The summed E-state index contributed by atoms with van der Waals surface area (Å²) in [6.07, 6.45) is 0.842. The van der Waals surface area contributed by atoms with Crippen LogP contribution in [0, 0.1) is 6.92 Å². The molecular formula is C21H22O. The number of aryl methyl sites for hydroxylation is 1. The van der Waals surface area contributed by atoms with E-state index in [2.05, 4.69) is 56.3 Å². The van der Waals surface area contributed by atoms with Crippen LogP contribution < -0.4 is 0 Å². The first-order valence-corrected chi connectivity index (χ1v) is 7.86. The van der Waals surface area contributed by atoms with E-state index in [4.69, 9.17) is 0 Å². The zero-order valence-electron chi connectivity index (χ0n) is 13.4. The lowest BCUT2D eigenvalue weighted by Crippen LogP contribution is -1.97. The number of fused-ring (bicyclic) bond motifs is 1. The Morgan fingerprint density at radius 3 is 2.36 bits per heavy atom. The van der Waals surface area contributed by atoms with Crippen LogP contribution in [0.25, 0.3) is 10.8 Å². The van der Waals surface area contributed by atoms with Gasteiger partial charge in [0, 0.05) is 0 Å². The fourth-order valence-electron chi connectivity index (χ4n) is 3.16. The van der Waals surface area contributed by atoms with Gasteiger partial charge >= 0.3 is 0 Å². The minimum absolute atomic E-state index is 0.388. The highest BCUT2D eigenvalue weighted by molar-refractivity contribution is 5.93. The summed E-state index contributed by atoms with van der Waals surface area (Å²) in [5.41, 5.74) is 4.79. The van der Waals surface area contributed by atoms with Crippen molar-refractivity contribution in [2.45, 2.75) is 33.1 Å². The molecule has 0 unspecified atom stereocenters. The van der Waals surface area contributed by atoms with E-state index in [0.717, 1.165) is 17.4 Å². The lowest BCUT2D eigenvalue weighted by atomic mass is 9.88. The van der Waals surface area contributed by atoms with Gasteiger partial charge in [0.25, 0.3) is 0 Å². The normalized spacial score (nSPS) is 11.3. The van der Waals surface area contributed by atoms with Gasteiger partial charge in [0.05, 0.1) is 0 Å². The van der Waals surface area contributed by atoms with Crippen LogP contribution in [0.5, 0.6) is 5.75 Å². The van der Waals surface area contributed by atoms with Crippen molar-refractivity contribution in [1.29, 1.82) is 0 Å². The summed E-state index contributed by atoms with van der Waals surface area (Å²) in [4.78, 5) is 0. The Morgan fingerprint density at radius 2 is 1.68 bits per heavy atom. The summed E-state index contributed by atoms with van der Waals surface area (Å²) in [5.74, 6) is 0.849. The topological polar surface area (TPSA) is 20.2 Å². The van der Waals surface area contributed by atoms with Crippen LogP contribution in [0.15, 0.2) is 54.6 Å². The zero-order valence-corrected chi connectivity index (χ0v) is 13.4. The highest BCUT2D eigenvalue weighted by atomic mass is 16.3. The third-order valence-corrected chi connectivity index (χ3v) is 4.38. The van der Waals surface area contributed by atoms with E-state index in [-0.39, 0.29) is 0 Å². The molecule has 1 N–H and O–H groups in total. The van der Waals surface area contributed by atoms with Crippen LogP contribution in [0.1, 0.15) is 42.0 Å². The van der Waals surface area contributed by atoms with E-state index < -0.39 is 0 Å². The van der Waals surface area contributed by atoms with Gasteiger partial charge in [0.15, 0.2) is 0 Å². The average Bonchev–Trinajstić information content (AvgIpc) is 2.52. The van der Waals surface area contributed by atoms with Gasteiger partial charge in [-0.05, 0) is 58.4 Å². The second kappa shape index (κ2) is 5.84. The van der Waals surface area contributed by atoms with Gasteiger partial charge in [-0.15, -0.1) is 0 Å². The zero-order chi connectivity index (χ0) is 15.7. The SMILES string of the molecule is Cc1c(O)cc(Cc2ccccc2)c2c(C(C)C)cccc12. The maximum atomic E-state index is 10.3. The molecule has 3 aromatic rings. The van der Waals surface area contributed by atoms with Crippen LogP contribution in [0.4, 0.5) is 0 Å². The monoisotopic (exact) mass is 290 g/mol. The fourth-order valence-corrected chi connectivity index (χ4v) is 3.16. The molecule has 0 aliphatic carbocycles. The molecule has 112 valence electrons. The molecule has 22 heavy (non-hydrogen) atoms. The van der Waals surface area contributed by atoms with Crippen LogP contribution in [0.2, 0.25) is 0 Å². The van der Waals surface area contributed by atoms with Crippen molar-refractivity contribution in [2.24, 2.45) is 0 Å². The van der Waals surface area contributed by atoms with E-state index in [1.54, 1.807) is 0 Å². The van der Waals surface area contributed by atoms with Crippen molar-refractivity contribution >= 4 is 10.8 Å². The van der Waals surface area contributed by atoms with E-state index in [0.29, 0.717) is 11.7 Å². The minimum atomic E-state index is 0.388. The Kier molecular flexibility index (Phi) is 3.89. The van der Waals surface area contributed by atoms with Gasteiger partial charge in [0.2, 0.25) is 0 Å². The summed E-state index contributed by atoms with van der Waals surface area (Å²) < 4.78 is 0.